The maximum absolute atomic E-state index is 14.4. The largest absolute Gasteiger partial charge is 0.462 e. The van der Waals surface area contributed by atoms with Gasteiger partial charge in [-0.1, -0.05) is 29.4 Å². The predicted octanol–water partition coefficient (Wildman–Crippen LogP) is 5.51. The molecule has 1 aliphatic rings. The Balaban J connectivity index is 1.49. The standard InChI is InChI=1S/C27H24F3N3O4/c1-2-36-26(34)17-8-11-20(12-9-17)31-27(35)33(15-18-7-10-19(28)13-24(18)30)16-21-14-25(32-37-21)22-5-3-4-6-23(22)29/h3-13,21H,2,14-16H2,1H3,(H,31,35). The van der Waals surface area contributed by atoms with Gasteiger partial charge in [-0.15, -0.1) is 0 Å². The molecule has 0 fully saturated rings. The lowest BCUT2D eigenvalue weighted by Crippen LogP contribution is -2.40. The molecule has 0 bridgehead atoms. The van der Waals surface area contributed by atoms with E-state index in [0.29, 0.717) is 22.5 Å². The van der Waals surface area contributed by atoms with E-state index >= 15 is 0 Å². The van der Waals surface area contributed by atoms with Crippen LogP contribution in [0, 0.1) is 17.5 Å². The van der Waals surface area contributed by atoms with Gasteiger partial charge >= 0.3 is 12.0 Å². The van der Waals surface area contributed by atoms with Crippen molar-refractivity contribution in [2.45, 2.75) is 26.0 Å². The maximum atomic E-state index is 14.4. The molecule has 7 nitrogen and oxygen atoms in total. The summed E-state index contributed by atoms with van der Waals surface area (Å²) in [6.45, 7) is 1.74. The molecule has 1 N–H and O–H groups in total. The molecule has 0 aliphatic carbocycles. The number of benzene rings is 3. The van der Waals surface area contributed by atoms with E-state index in [4.69, 9.17) is 9.57 Å². The third kappa shape index (κ3) is 6.46. The van der Waals surface area contributed by atoms with Crippen LogP contribution in [0.4, 0.5) is 23.7 Å². The van der Waals surface area contributed by atoms with E-state index in [-0.39, 0.29) is 31.7 Å². The highest BCUT2D eigenvalue weighted by molar-refractivity contribution is 6.01. The van der Waals surface area contributed by atoms with Crippen LogP contribution in [-0.4, -0.2) is 41.9 Å². The van der Waals surface area contributed by atoms with Gasteiger partial charge in [0.1, 0.15) is 17.5 Å². The van der Waals surface area contributed by atoms with Crippen LogP contribution in [0.1, 0.15) is 34.8 Å². The van der Waals surface area contributed by atoms with Gasteiger partial charge < -0.3 is 19.8 Å². The lowest BCUT2D eigenvalue weighted by atomic mass is 10.0. The molecule has 0 spiro atoms. The van der Waals surface area contributed by atoms with Crippen molar-refractivity contribution in [3.05, 3.63) is 101 Å². The molecule has 1 unspecified atom stereocenters. The van der Waals surface area contributed by atoms with Crippen LogP contribution in [0.25, 0.3) is 0 Å². The summed E-state index contributed by atoms with van der Waals surface area (Å²) in [7, 11) is 0. The number of ether oxygens (including phenoxy) is 1. The summed E-state index contributed by atoms with van der Waals surface area (Å²) < 4.78 is 46.9. The first-order valence-electron chi connectivity index (χ1n) is 11.6. The molecule has 0 saturated carbocycles. The van der Waals surface area contributed by atoms with Crippen LogP contribution in [-0.2, 0) is 16.1 Å². The number of hydrogen-bond acceptors (Lipinski definition) is 5. The summed E-state index contributed by atoms with van der Waals surface area (Å²) in [5, 5.41) is 6.68. The molecule has 3 aromatic carbocycles. The minimum atomic E-state index is -0.799. The van der Waals surface area contributed by atoms with Crippen LogP contribution >= 0.6 is 0 Å². The van der Waals surface area contributed by atoms with Gasteiger partial charge in [-0.3, -0.25) is 0 Å². The molecular weight excluding hydrogens is 487 g/mol. The van der Waals surface area contributed by atoms with Crippen LogP contribution < -0.4 is 5.32 Å². The summed E-state index contributed by atoms with van der Waals surface area (Å²) in [6.07, 6.45) is -0.389. The van der Waals surface area contributed by atoms with E-state index in [1.165, 1.54) is 41.3 Å². The summed E-state index contributed by atoms with van der Waals surface area (Å²) in [5.41, 5.74) is 1.50. The number of carbonyl (C=O) groups is 2. The number of halogens is 3. The Bertz CT molecular complexity index is 1310. The van der Waals surface area contributed by atoms with E-state index in [0.717, 1.165) is 12.1 Å². The molecule has 10 heteroatoms. The Hall–Kier alpha value is -4.34. The van der Waals surface area contributed by atoms with Crippen molar-refractivity contribution in [2.75, 3.05) is 18.5 Å². The number of nitrogens with zero attached hydrogens (tertiary/aromatic N) is 2. The van der Waals surface area contributed by atoms with Crippen molar-refractivity contribution in [3.8, 4) is 0 Å². The minimum absolute atomic E-state index is 0.00892. The number of rotatable bonds is 8. The molecule has 0 aromatic heterocycles. The average molecular weight is 512 g/mol. The molecule has 2 amide bonds. The molecule has 3 aromatic rings. The number of urea groups is 1. The predicted molar refractivity (Wildman–Crippen MR) is 131 cm³/mol. The third-order valence-electron chi connectivity index (χ3n) is 5.65. The van der Waals surface area contributed by atoms with Crippen LogP contribution in [0.3, 0.4) is 0 Å². The first-order valence-corrected chi connectivity index (χ1v) is 11.6. The topological polar surface area (TPSA) is 80.2 Å². The lowest BCUT2D eigenvalue weighted by Gasteiger charge is -2.25. The second-order valence-electron chi connectivity index (χ2n) is 8.29. The van der Waals surface area contributed by atoms with Crippen LogP contribution in [0.2, 0.25) is 0 Å². The van der Waals surface area contributed by atoms with Crippen molar-refractivity contribution in [3.63, 3.8) is 0 Å². The number of nitrogens with one attached hydrogen (secondary N) is 1. The van der Waals surface area contributed by atoms with Crippen molar-refractivity contribution >= 4 is 23.4 Å². The quantitative estimate of drug-likeness (QED) is 0.405. The number of amides is 2. The van der Waals surface area contributed by atoms with Gasteiger partial charge in [-0.25, -0.2) is 22.8 Å². The average Bonchev–Trinajstić information content (AvgIpc) is 3.34. The van der Waals surface area contributed by atoms with E-state index in [2.05, 4.69) is 10.5 Å². The van der Waals surface area contributed by atoms with E-state index in [1.807, 2.05) is 0 Å². The molecule has 1 heterocycles. The highest BCUT2D eigenvalue weighted by Crippen LogP contribution is 2.22. The first kappa shape index (κ1) is 25.7. The fraction of sp³-hybridized carbons (Fsp3) is 0.222. The van der Waals surface area contributed by atoms with E-state index in [1.54, 1.807) is 25.1 Å². The Kier molecular flexibility index (Phi) is 8.07. The molecule has 4 rings (SSSR count). The molecule has 37 heavy (non-hydrogen) atoms. The van der Waals surface area contributed by atoms with E-state index in [9.17, 15) is 22.8 Å². The highest BCUT2D eigenvalue weighted by Gasteiger charge is 2.28. The molecule has 1 aliphatic heterocycles. The van der Waals surface area contributed by atoms with Crippen molar-refractivity contribution in [2.24, 2.45) is 5.16 Å². The zero-order valence-corrected chi connectivity index (χ0v) is 19.9. The van der Waals surface area contributed by atoms with Crippen molar-refractivity contribution in [1.29, 1.82) is 0 Å². The van der Waals surface area contributed by atoms with Crippen LogP contribution in [0.15, 0.2) is 71.9 Å². The lowest BCUT2D eigenvalue weighted by molar-refractivity contribution is 0.0526. The van der Waals surface area contributed by atoms with Crippen molar-refractivity contribution in [1.82, 2.24) is 4.90 Å². The Labute approximate surface area is 211 Å². The molecule has 192 valence electrons. The SMILES string of the molecule is CCOC(=O)c1ccc(NC(=O)N(Cc2ccc(F)cc2F)CC2CC(c3ccccc3F)=NO2)cc1. The third-order valence-corrected chi connectivity index (χ3v) is 5.65. The van der Waals surface area contributed by atoms with Gasteiger partial charge in [-0.2, -0.15) is 0 Å². The molecule has 0 radical (unpaired) electrons. The van der Waals surface area contributed by atoms with Crippen LogP contribution in [0.5, 0.6) is 0 Å². The van der Waals surface area contributed by atoms with Gasteiger partial charge in [0, 0.05) is 29.3 Å². The van der Waals surface area contributed by atoms with Gasteiger partial charge in [0.2, 0.25) is 0 Å². The summed E-state index contributed by atoms with van der Waals surface area (Å²) >= 11 is 0. The van der Waals surface area contributed by atoms with E-state index < -0.39 is 35.6 Å². The van der Waals surface area contributed by atoms with Gasteiger partial charge in [-0.05, 0) is 43.3 Å². The number of carbonyl (C=O) groups excluding carboxylic acids is 2. The van der Waals surface area contributed by atoms with Gasteiger partial charge in [0.05, 0.1) is 31.0 Å². The number of oxime groups is 1. The second-order valence-corrected chi connectivity index (χ2v) is 8.29. The zero-order valence-electron chi connectivity index (χ0n) is 19.9. The molecule has 0 saturated heterocycles. The molecule has 1 atom stereocenters. The fourth-order valence-electron chi connectivity index (χ4n) is 3.81. The number of esters is 1. The maximum Gasteiger partial charge on any atom is 0.338 e. The van der Waals surface area contributed by atoms with Crippen molar-refractivity contribution < 1.29 is 32.3 Å². The summed E-state index contributed by atoms with van der Waals surface area (Å²) in [5.74, 6) is -2.47. The van der Waals surface area contributed by atoms with Gasteiger partial charge in [0.25, 0.3) is 0 Å². The molecular formula is C27H24F3N3O4. The second kappa shape index (κ2) is 11.6. The zero-order chi connectivity index (χ0) is 26.4. The highest BCUT2D eigenvalue weighted by atomic mass is 19.1. The van der Waals surface area contributed by atoms with Gasteiger partial charge in [0.15, 0.2) is 6.10 Å². The first-order chi connectivity index (χ1) is 17.8. The fourth-order valence-corrected chi connectivity index (χ4v) is 3.81. The normalized spacial score (nSPS) is 14.5. The Morgan fingerprint density at radius 3 is 2.51 bits per heavy atom. The minimum Gasteiger partial charge on any atom is -0.462 e. The monoisotopic (exact) mass is 511 g/mol. The smallest absolute Gasteiger partial charge is 0.338 e. The summed E-state index contributed by atoms with van der Waals surface area (Å²) in [4.78, 5) is 31.8. The summed E-state index contributed by atoms with van der Waals surface area (Å²) in [6, 6.07) is 14.7. The number of anilines is 1. The Morgan fingerprint density at radius 2 is 1.81 bits per heavy atom. The number of hydrogen-bond donors (Lipinski definition) is 1. The Morgan fingerprint density at radius 1 is 1.05 bits per heavy atom.